The number of isocyanates is 2. The highest BCUT2D eigenvalue weighted by Gasteiger charge is 2.36. The lowest BCUT2D eigenvalue weighted by Gasteiger charge is -2.30. The van der Waals surface area contributed by atoms with Gasteiger partial charge in [0.1, 0.15) is 0 Å². The first-order valence-electron chi connectivity index (χ1n) is 4.22. The van der Waals surface area contributed by atoms with E-state index in [1.54, 1.807) is 0 Å². The second-order valence-corrected chi connectivity index (χ2v) is 3.16. The van der Waals surface area contributed by atoms with Gasteiger partial charge in [0.05, 0.1) is 0 Å². The third-order valence-corrected chi connectivity index (χ3v) is 2.38. The van der Waals surface area contributed by atoms with Crippen molar-refractivity contribution in [2.45, 2.75) is 24.9 Å². The summed E-state index contributed by atoms with van der Waals surface area (Å²) in [6.07, 6.45) is 4.88. The van der Waals surface area contributed by atoms with Gasteiger partial charge in [0.15, 0.2) is 5.66 Å². The molecule has 1 saturated carbocycles. The minimum atomic E-state index is -1.18. The molecule has 0 aromatic carbocycles. The second-order valence-electron chi connectivity index (χ2n) is 3.16. The van der Waals surface area contributed by atoms with Crippen molar-refractivity contribution < 1.29 is 9.59 Å². The zero-order valence-corrected chi connectivity index (χ0v) is 7.75. The van der Waals surface area contributed by atoms with E-state index >= 15 is 0 Å². The summed E-state index contributed by atoms with van der Waals surface area (Å²) in [4.78, 5) is 27.6. The Morgan fingerprint density at radius 2 is 1.79 bits per heavy atom. The molecule has 1 aliphatic carbocycles. The molecule has 1 rings (SSSR count). The van der Waals surface area contributed by atoms with Crippen molar-refractivity contribution in [1.29, 1.82) is 0 Å². The number of aliphatic imine (C=N–C) groups is 2. The van der Waals surface area contributed by atoms with Gasteiger partial charge in [0, 0.05) is 0 Å². The largest absolute Gasteiger partial charge is 0.237 e. The molecule has 0 aliphatic heterocycles. The standard InChI is InChI=1S/C10H10N2O2/c1-8-4-3-5-10(9(8)2,11-6-13)12-7-14/h1-5H2. The van der Waals surface area contributed by atoms with Crippen LogP contribution in [0.2, 0.25) is 0 Å². The van der Waals surface area contributed by atoms with Gasteiger partial charge >= 0.3 is 0 Å². The Hall–Kier alpha value is -1.76. The third-order valence-electron chi connectivity index (χ3n) is 2.38. The zero-order valence-electron chi connectivity index (χ0n) is 7.75. The molecule has 0 amide bonds. The monoisotopic (exact) mass is 190 g/mol. The predicted molar refractivity (Wildman–Crippen MR) is 51.1 cm³/mol. The van der Waals surface area contributed by atoms with Crippen LogP contribution >= 0.6 is 0 Å². The minimum absolute atomic E-state index is 0.481. The predicted octanol–water partition coefficient (Wildman–Crippen LogP) is 1.65. The van der Waals surface area contributed by atoms with Crippen LogP contribution in [0.1, 0.15) is 19.3 Å². The maximum absolute atomic E-state index is 10.3. The molecular formula is C10H10N2O2. The fraction of sp³-hybridized carbons (Fsp3) is 0.400. The maximum Gasteiger partial charge on any atom is 0.237 e. The van der Waals surface area contributed by atoms with E-state index < -0.39 is 5.66 Å². The summed E-state index contributed by atoms with van der Waals surface area (Å²) < 4.78 is 0. The van der Waals surface area contributed by atoms with Gasteiger partial charge in [0.25, 0.3) is 0 Å². The van der Waals surface area contributed by atoms with Gasteiger partial charge in [-0.15, -0.1) is 0 Å². The summed E-state index contributed by atoms with van der Waals surface area (Å²) in [7, 11) is 0. The van der Waals surface area contributed by atoms with Gasteiger partial charge in [-0.05, 0) is 30.4 Å². The van der Waals surface area contributed by atoms with E-state index in [1.807, 2.05) is 0 Å². The average Bonchev–Trinajstić information content (AvgIpc) is 2.15. The number of rotatable bonds is 2. The summed E-state index contributed by atoms with van der Waals surface area (Å²) >= 11 is 0. The van der Waals surface area contributed by atoms with Crippen LogP contribution in [-0.2, 0) is 9.59 Å². The van der Waals surface area contributed by atoms with Crippen molar-refractivity contribution in [1.82, 2.24) is 0 Å². The van der Waals surface area contributed by atoms with Gasteiger partial charge in [0.2, 0.25) is 12.2 Å². The number of hydrogen-bond acceptors (Lipinski definition) is 4. The van der Waals surface area contributed by atoms with Crippen LogP contribution in [0.4, 0.5) is 0 Å². The number of carbonyl (C=O) groups excluding carboxylic acids is 2. The van der Waals surface area contributed by atoms with Gasteiger partial charge < -0.3 is 0 Å². The van der Waals surface area contributed by atoms with Crippen molar-refractivity contribution >= 4 is 12.2 Å². The highest BCUT2D eigenvalue weighted by Crippen LogP contribution is 2.38. The summed E-state index contributed by atoms with van der Waals surface area (Å²) in [5.74, 6) is 0. The Balaban J connectivity index is 3.19. The number of nitrogens with zero attached hydrogens (tertiary/aromatic N) is 2. The lowest BCUT2D eigenvalue weighted by molar-refractivity contribution is 0.431. The van der Waals surface area contributed by atoms with Crippen molar-refractivity contribution in [2.75, 3.05) is 0 Å². The molecule has 1 aliphatic rings. The van der Waals surface area contributed by atoms with Gasteiger partial charge in [-0.1, -0.05) is 13.2 Å². The first-order valence-corrected chi connectivity index (χ1v) is 4.22. The molecule has 0 atom stereocenters. The smallest absolute Gasteiger partial charge is 0.211 e. The summed E-state index contributed by atoms with van der Waals surface area (Å²) in [5.41, 5.74) is 0.100. The van der Waals surface area contributed by atoms with Crippen LogP contribution in [0.15, 0.2) is 34.3 Å². The van der Waals surface area contributed by atoms with Crippen molar-refractivity contribution in [3.63, 3.8) is 0 Å². The molecule has 0 spiro atoms. The average molecular weight is 190 g/mol. The molecule has 72 valence electrons. The Morgan fingerprint density at radius 1 is 1.21 bits per heavy atom. The molecule has 1 fully saturated rings. The Kier molecular flexibility index (Phi) is 2.92. The quantitative estimate of drug-likeness (QED) is 0.491. The van der Waals surface area contributed by atoms with Gasteiger partial charge in [-0.25, -0.2) is 9.59 Å². The van der Waals surface area contributed by atoms with E-state index in [2.05, 4.69) is 23.1 Å². The summed E-state index contributed by atoms with van der Waals surface area (Å²) in [6.45, 7) is 7.52. The summed E-state index contributed by atoms with van der Waals surface area (Å²) in [5, 5.41) is 0. The number of hydrogen-bond donors (Lipinski definition) is 0. The van der Waals surface area contributed by atoms with Gasteiger partial charge in [-0.3, -0.25) is 0 Å². The van der Waals surface area contributed by atoms with Crippen LogP contribution in [-0.4, -0.2) is 17.8 Å². The fourth-order valence-electron chi connectivity index (χ4n) is 1.56. The van der Waals surface area contributed by atoms with Crippen LogP contribution in [0.3, 0.4) is 0 Å². The highest BCUT2D eigenvalue weighted by molar-refractivity contribution is 5.48. The molecule has 0 aromatic heterocycles. The van der Waals surface area contributed by atoms with E-state index in [0.29, 0.717) is 12.0 Å². The molecule has 0 heterocycles. The summed E-state index contributed by atoms with van der Waals surface area (Å²) in [6, 6.07) is 0. The maximum atomic E-state index is 10.3. The topological polar surface area (TPSA) is 58.9 Å². The Morgan fingerprint density at radius 3 is 2.29 bits per heavy atom. The third kappa shape index (κ3) is 1.62. The molecule has 0 bridgehead atoms. The SMILES string of the molecule is C=C1CCCC(N=C=O)(N=C=O)C1=C. The van der Waals surface area contributed by atoms with Crippen molar-refractivity contribution in [2.24, 2.45) is 9.98 Å². The molecule has 4 nitrogen and oxygen atoms in total. The Bertz CT molecular complexity index is 354. The lowest BCUT2D eigenvalue weighted by Crippen LogP contribution is -2.30. The van der Waals surface area contributed by atoms with E-state index in [1.165, 1.54) is 12.2 Å². The fourth-order valence-corrected chi connectivity index (χ4v) is 1.56. The molecule has 0 saturated heterocycles. The second kappa shape index (κ2) is 3.97. The normalized spacial score (nSPS) is 26.3. The molecule has 0 N–H and O–H groups in total. The first-order chi connectivity index (χ1) is 6.66. The molecule has 0 aromatic rings. The van der Waals surface area contributed by atoms with E-state index in [-0.39, 0.29) is 0 Å². The van der Waals surface area contributed by atoms with Crippen molar-refractivity contribution in [3.8, 4) is 0 Å². The van der Waals surface area contributed by atoms with Gasteiger partial charge in [-0.2, -0.15) is 9.98 Å². The van der Waals surface area contributed by atoms with Crippen LogP contribution in [0, 0.1) is 0 Å². The molecule has 4 heteroatoms. The minimum Gasteiger partial charge on any atom is -0.211 e. The van der Waals surface area contributed by atoms with E-state index in [4.69, 9.17) is 0 Å². The van der Waals surface area contributed by atoms with Crippen LogP contribution < -0.4 is 0 Å². The Labute approximate surface area is 81.8 Å². The highest BCUT2D eigenvalue weighted by atomic mass is 16.1. The van der Waals surface area contributed by atoms with Crippen LogP contribution in [0.5, 0.6) is 0 Å². The van der Waals surface area contributed by atoms with E-state index in [0.717, 1.165) is 18.4 Å². The molecular weight excluding hydrogens is 180 g/mol. The van der Waals surface area contributed by atoms with Crippen molar-refractivity contribution in [3.05, 3.63) is 24.3 Å². The molecule has 14 heavy (non-hydrogen) atoms. The zero-order chi connectivity index (χ0) is 10.6. The molecule has 0 unspecified atom stereocenters. The van der Waals surface area contributed by atoms with Crippen LogP contribution in [0.25, 0.3) is 0 Å². The van der Waals surface area contributed by atoms with E-state index in [9.17, 15) is 9.59 Å². The lowest BCUT2D eigenvalue weighted by atomic mass is 9.82. The molecule has 0 radical (unpaired) electrons. The first kappa shape index (κ1) is 10.3.